The molecule has 0 bridgehead atoms. The lowest BCUT2D eigenvalue weighted by Gasteiger charge is -2.43. The fourth-order valence-corrected chi connectivity index (χ4v) is 9.43. The average Bonchev–Trinajstić information content (AvgIpc) is 3.94. The molecule has 3 heterocycles. The van der Waals surface area contributed by atoms with Gasteiger partial charge >= 0.3 is 12.1 Å². The second-order valence-electron chi connectivity index (χ2n) is 22.1. The van der Waals surface area contributed by atoms with Crippen LogP contribution in [0.2, 0.25) is 0 Å². The smallest absolute Gasteiger partial charge is 0.407 e. The largest absolute Gasteiger partial charge is 0.445 e. The van der Waals surface area contributed by atoms with Gasteiger partial charge < -0.3 is 51.0 Å². The third kappa shape index (κ3) is 18.5. The monoisotopic (exact) mass is 1110 g/mol. The van der Waals surface area contributed by atoms with Crippen LogP contribution in [0.25, 0.3) is 11.3 Å². The van der Waals surface area contributed by atoms with Gasteiger partial charge in [0, 0.05) is 80.0 Å². The van der Waals surface area contributed by atoms with Gasteiger partial charge in [-0.1, -0.05) is 60.1 Å². The number of ketones is 1. The van der Waals surface area contributed by atoms with Crippen LogP contribution < -0.4 is 27.0 Å². The molecule has 432 valence electrons. The minimum absolute atomic E-state index is 0.0896. The van der Waals surface area contributed by atoms with Gasteiger partial charge in [0.1, 0.15) is 36.8 Å². The number of urea groups is 1. The molecule has 79 heavy (non-hydrogen) atoms. The highest BCUT2D eigenvalue weighted by atomic mass is 19.1. The van der Waals surface area contributed by atoms with Gasteiger partial charge in [-0.25, -0.2) is 27.7 Å². The first-order valence-electron chi connectivity index (χ1n) is 26.7. The maximum atomic E-state index is 15.2. The number of hydrogen-bond donors (Lipinski definition) is 6. The number of alkyl carbamates (subject to hydrolysis) is 1. The summed E-state index contributed by atoms with van der Waals surface area (Å²) in [7, 11) is 0. The number of primary amides is 1. The first-order chi connectivity index (χ1) is 37.3. The summed E-state index contributed by atoms with van der Waals surface area (Å²) in [5.74, 6) is -4.93. The number of carbonyl (C=O) groups is 8. The number of imidazole rings is 1. The molecule has 23 heteroatoms. The highest BCUT2D eigenvalue weighted by Gasteiger charge is 2.42. The van der Waals surface area contributed by atoms with Gasteiger partial charge in [-0.15, -0.1) is 0 Å². The molecule has 1 saturated heterocycles. The summed E-state index contributed by atoms with van der Waals surface area (Å²) >= 11 is 0. The second-order valence-corrected chi connectivity index (χ2v) is 22.1. The van der Waals surface area contributed by atoms with Gasteiger partial charge in [-0.05, 0) is 86.3 Å². The number of ether oxygens (including phenoxy) is 2. The number of aliphatic hydroxyl groups is 1. The van der Waals surface area contributed by atoms with E-state index < -0.39 is 77.8 Å². The van der Waals surface area contributed by atoms with Crippen LogP contribution in [0.1, 0.15) is 117 Å². The quantitative estimate of drug-likeness (QED) is 0.0313. The number of alkyl halides is 1. The summed E-state index contributed by atoms with van der Waals surface area (Å²) in [5.41, 5.74) is 4.95. The van der Waals surface area contributed by atoms with Gasteiger partial charge in [0.15, 0.2) is 5.78 Å². The summed E-state index contributed by atoms with van der Waals surface area (Å²) in [5, 5.41) is 21.3. The number of carbonyl (C=O) groups excluding carboxylic acids is 8. The molecule has 0 aliphatic carbocycles. The molecule has 2 aromatic carbocycles. The molecule has 0 unspecified atom stereocenters. The molecule has 0 saturated carbocycles. The number of anilines is 1. The van der Waals surface area contributed by atoms with Crippen LogP contribution in [-0.2, 0) is 51.4 Å². The van der Waals surface area contributed by atoms with Crippen molar-refractivity contribution in [2.24, 2.45) is 28.4 Å². The highest BCUT2D eigenvalue weighted by molar-refractivity contribution is 6.12. The van der Waals surface area contributed by atoms with Crippen LogP contribution in [0.15, 0.2) is 60.8 Å². The van der Waals surface area contributed by atoms with Crippen molar-refractivity contribution < 1.29 is 66.1 Å². The van der Waals surface area contributed by atoms with Crippen LogP contribution in [0.3, 0.4) is 0 Å². The van der Waals surface area contributed by atoms with E-state index in [1.807, 2.05) is 27.7 Å². The minimum atomic E-state index is -1.50. The van der Waals surface area contributed by atoms with Gasteiger partial charge in [-0.2, -0.15) is 0 Å². The molecule has 3 aromatic rings. The number of amides is 8. The summed E-state index contributed by atoms with van der Waals surface area (Å²) < 4.78 is 57.0. The number of aliphatic hydroxyl groups excluding tert-OH is 1. The van der Waals surface area contributed by atoms with Gasteiger partial charge in [0.25, 0.3) is 17.7 Å². The number of hydrogen-bond acceptors (Lipinski definition) is 12. The lowest BCUT2D eigenvalue weighted by Crippen LogP contribution is -2.49. The number of nitrogens with one attached hydrogen (secondary N) is 4. The fraction of sp³-hybridized carbons (Fsp3) is 0.554. The third-order valence-corrected chi connectivity index (χ3v) is 13.7. The summed E-state index contributed by atoms with van der Waals surface area (Å²) in [6, 6.07) is 5.62. The zero-order valence-electron chi connectivity index (χ0n) is 46.1. The standard InChI is InChI=1S/C56H76F3N9O11/c1-34(2)48(65-45(71)13-9-8-10-24-67-46(72)20-21-47(67)73)44(70)26-37(12-11-23-61-53(60)76)51(74)62-39-17-14-36(15-18-39)30-79-54(77)63-40(28-57)22-25-68(52(75)35(3)69)49(55(4,5)6)50-64-43(41-27-38(58)16-19-42(41)59)29-66(50)31-56(7)32-78-33-56/h14-21,27,29,34-35,37,40,48-49,69H,8-13,22-26,28,30-33H2,1-7H3,(H,62,74)(H,63,77)(H,65,71)(H3,60,61,76)/t35-,37+,40-,48-,49-/m0/s1. The Morgan fingerprint density at radius 3 is 2.22 bits per heavy atom. The lowest BCUT2D eigenvalue weighted by atomic mass is 9.83. The van der Waals surface area contributed by atoms with E-state index in [0.717, 1.165) is 23.1 Å². The van der Waals surface area contributed by atoms with E-state index in [1.165, 1.54) is 24.0 Å². The van der Waals surface area contributed by atoms with Crippen molar-refractivity contribution in [1.82, 2.24) is 35.3 Å². The van der Waals surface area contributed by atoms with Crippen LogP contribution in [0.4, 0.5) is 28.4 Å². The molecule has 20 nitrogen and oxygen atoms in total. The van der Waals surface area contributed by atoms with E-state index in [-0.39, 0.29) is 98.0 Å². The zero-order chi connectivity index (χ0) is 58.2. The van der Waals surface area contributed by atoms with E-state index in [2.05, 4.69) is 21.3 Å². The molecule has 0 spiro atoms. The summed E-state index contributed by atoms with van der Waals surface area (Å²) in [6.45, 7) is 12.5. The Morgan fingerprint density at radius 2 is 1.62 bits per heavy atom. The maximum absolute atomic E-state index is 15.2. The molecule has 5 rings (SSSR count). The van der Waals surface area contributed by atoms with Crippen molar-refractivity contribution in [3.63, 3.8) is 0 Å². The van der Waals surface area contributed by atoms with Crippen LogP contribution in [0.5, 0.6) is 0 Å². The zero-order valence-corrected chi connectivity index (χ0v) is 46.1. The predicted octanol–water partition coefficient (Wildman–Crippen LogP) is 6.40. The number of Topliss-reactive ketones (excluding diaryl/α,β-unsaturated/α-hetero) is 1. The number of unbranched alkanes of at least 4 members (excludes halogenated alkanes) is 2. The maximum Gasteiger partial charge on any atom is 0.407 e. The Labute approximate surface area is 458 Å². The third-order valence-electron chi connectivity index (χ3n) is 13.7. The molecule has 8 amide bonds. The lowest BCUT2D eigenvalue weighted by molar-refractivity contribution is -0.145. The number of benzene rings is 2. The van der Waals surface area contributed by atoms with Crippen molar-refractivity contribution in [2.75, 3.05) is 44.8 Å². The van der Waals surface area contributed by atoms with Gasteiger partial charge in [-0.3, -0.25) is 33.7 Å². The first kappa shape index (κ1) is 62.7. The number of nitrogens with zero attached hydrogens (tertiary/aromatic N) is 4. The topological polar surface area (TPSA) is 274 Å². The van der Waals surface area contributed by atoms with Crippen molar-refractivity contribution >= 4 is 53.1 Å². The molecular weight excluding hydrogens is 1030 g/mol. The van der Waals surface area contributed by atoms with Crippen LogP contribution >= 0.6 is 0 Å². The van der Waals surface area contributed by atoms with E-state index in [9.17, 15) is 52.2 Å². The molecule has 2 aliphatic heterocycles. The Kier molecular flexibility index (Phi) is 22.7. The Bertz CT molecular complexity index is 2650. The van der Waals surface area contributed by atoms with Crippen LogP contribution in [0, 0.1) is 34.3 Å². The van der Waals surface area contributed by atoms with Crippen molar-refractivity contribution in [2.45, 2.75) is 137 Å². The number of nitrogens with two attached hydrogens (primary N) is 1. The number of aromatic nitrogens is 2. The predicted molar refractivity (Wildman–Crippen MR) is 286 cm³/mol. The van der Waals surface area contributed by atoms with Crippen molar-refractivity contribution in [3.05, 3.63) is 83.8 Å². The van der Waals surface area contributed by atoms with Crippen molar-refractivity contribution in [3.8, 4) is 11.3 Å². The minimum Gasteiger partial charge on any atom is -0.445 e. The molecule has 1 fully saturated rings. The molecular formula is C56H76F3N9O11. The normalized spacial score (nSPS) is 15.9. The second kappa shape index (κ2) is 28.7. The number of imide groups is 1. The molecule has 0 radical (unpaired) electrons. The van der Waals surface area contributed by atoms with E-state index in [4.69, 9.17) is 20.2 Å². The van der Waals surface area contributed by atoms with Crippen LogP contribution in [-0.4, -0.2) is 130 Å². The molecule has 2 aliphatic rings. The van der Waals surface area contributed by atoms with Crippen molar-refractivity contribution in [1.29, 1.82) is 0 Å². The SMILES string of the molecule is CC(C)[C@H](NC(=O)CCCCCN1C(=O)C=CC1=O)C(=O)C[C@@H](CCCNC(N)=O)C(=O)Nc1ccc(COC(=O)N[C@H](CF)CCN(C(=O)[C@H](C)O)[C@@H](c2nc(-c3cc(F)ccc3F)cn2CC2(C)COC2)C(C)(C)C)cc1. The summed E-state index contributed by atoms with van der Waals surface area (Å²) in [4.78, 5) is 110. The van der Waals surface area contributed by atoms with Gasteiger partial charge in [0.2, 0.25) is 11.8 Å². The molecule has 7 N–H and O–H groups in total. The average molecular weight is 1110 g/mol. The molecule has 5 atom stereocenters. The van der Waals surface area contributed by atoms with Gasteiger partial charge in [0.05, 0.1) is 37.0 Å². The fourth-order valence-electron chi connectivity index (χ4n) is 9.43. The number of halogens is 3. The van der Waals surface area contributed by atoms with E-state index in [0.29, 0.717) is 62.5 Å². The highest BCUT2D eigenvalue weighted by Crippen LogP contribution is 2.41. The Morgan fingerprint density at radius 1 is 0.937 bits per heavy atom. The number of rotatable bonds is 30. The Hall–Kier alpha value is -7.14. The van der Waals surface area contributed by atoms with E-state index >= 15 is 4.39 Å². The first-order valence-corrected chi connectivity index (χ1v) is 26.7. The Balaban J connectivity index is 1.19. The van der Waals surface area contributed by atoms with E-state index in [1.54, 1.807) is 48.9 Å². The molecule has 1 aromatic heterocycles. The summed E-state index contributed by atoms with van der Waals surface area (Å²) in [6.07, 6.45) is 3.34.